The standard InChI is InChI=1S/C19H20O6/c1-21-14-8-4-12(5-9-14)16-17(18(20)23-3)25-19(24-16)13-6-10-15(22-2)11-7-13/h4-11,16-17,19H,1-3H3/t16-,17-,19-/m1/s1. The zero-order valence-corrected chi connectivity index (χ0v) is 14.3. The lowest BCUT2D eigenvalue weighted by molar-refractivity contribution is -0.154. The van der Waals surface area contributed by atoms with Gasteiger partial charge in [-0.3, -0.25) is 0 Å². The van der Waals surface area contributed by atoms with Crippen LogP contribution in [0.4, 0.5) is 0 Å². The van der Waals surface area contributed by atoms with Crippen LogP contribution in [0, 0.1) is 0 Å². The Balaban J connectivity index is 1.85. The number of hydrogen-bond donors (Lipinski definition) is 0. The van der Waals surface area contributed by atoms with Gasteiger partial charge in [0.25, 0.3) is 0 Å². The summed E-state index contributed by atoms with van der Waals surface area (Å²) >= 11 is 0. The van der Waals surface area contributed by atoms with Gasteiger partial charge >= 0.3 is 5.97 Å². The SMILES string of the molecule is COC(=O)[C@@H]1O[C@H](c2ccc(OC)cc2)O[C@@H]1c1ccc(OC)cc1. The van der Waals surface area contributed by atoms with Crippen LogP contribution in [0.5, 0.6) is 11.5 Å². The zero-order valence-electron chi connectivity index (χ0n) is 14.3. The smallest absolute Gasteiger partial charge is 0.338 e. The van der Waals surface area contributed by atoms with Crippen LogP contribution < -0.4 is 9.47 Å². The number of carbonyl (C=O) groups excluding carboxylic acids is 1. The van der Waals surface area contributed by atoms with Crippen LogP contribution in [0.1, 0.15) is 23.5 Å². The van der Waals surface area contributed by atoms with E-state index >= 15 is 0 Å². The minimum atomic E-state index is -0.842. The Labute approximate surface area is 146 Å². The van der Waals surface area contributed by atoms with Gasteiger partial charge in [-0.2, -0.15) is 0 Å². The van der Waals surface area contributed by atoms with Crippen molar-refractivity contribution >= 4 is 5.97 Å². The molecule has 0 aliphatic carbocycles. The van der Waals surface area contributed by atoms with Gasteiger partial charge in [-0.15, -0.1) is 0 Å². The highest BCUT2D eigenvalue weighted by Crippen LogP contribution is 2.41. The van der Waals surface area contributed by atoms with Gasteiger partial charge in [0.2, 0.25) is 0 Å². The molecule has 1 saturated heterocycles. The summed E-state index contributed by atoms with van der Waals surface area (Å²) in [5.74, 6) is 0.985. The predicted octanol–water partition coefficient (Wildman–Crippen LogP) is 3.03. The number of ether oxygens (including phenoxy) is 5. The molecule has 1 aliphatic rings. The molecule has 3 atom stereocenters. The molecule has 0 unspecified atom stereocenters. The second-order valence-corrected chi connectivity index (χ2v) is 5.51. The first kappa shape index (κ1) is 17.3. The van der Waals surface area contributed by atoms with Gasteiger partial charge in [-0.1, -0.05) is 24.3 Å². The van der Waals surface area contributed by atoms with E-state index in [1.165, 1.54) is 7.11 Å². The minimum Gasteiger partial charge on any atom is -0.497 e. The molecule has 0 amide bonds. The minimum absolute atomic E-state index is 0.475. The quantitative estimate of drug-likeness (QED) is 0.777. The molecule has 25 heavy (non-hydrogen) atoms. The van der Waals surface area contributed by atoms with Gasteiger partial charge < -0.3 is 23.7 Å². The topological polar surface area (TPSA) is 63.2 Å². The van der Waals surface area contributed by atoms with Crippen molar-refractivity contribution < 1.29 is 28.5 Å². The lowest BCUT2D eigenvalue weighted by atomic mass is 10.0. The van der Waals surface area contributed by atoms with Crippen LogP contribution in [0.2, 0.25) is 0 Å². The van der Waals surface area contributed by atoms with Crippen molar-refractivity contribution in [2.24, 2.45) is 0 Å². The molecule has 132 valence electrons. The third-order valence-corrected chi connectivity index (χ3v) is 4.08. The second kappa shape index (κ2) is 7.55. The van der Waals surface area contributed by atoms with Gasteiger partial charge in [0.15, 0.2) is 12.4 Å². The normalized spacial score (nSPS) is 22.4. The highest BCUT2D eigenvalue weighted by atomic mass is 16.7. The highest BCUT2D eigenvalue weighted by molar-refractivity contribution is 5.76. The van der Waals surface area contributed by atoms with Crippen LogP contribution in [-0.2, 0) is 19.0 Å². The highest BCUT2D eigenvalue weighted by Gasteiger charge is 2.43. The van der Waals surface area contributed by atoms with E-state index in [1.54, 1.807) is 14.2 Å². The van der Waals surface area contributed by atoms with E-state index in [9.17, 15) is 4.79 Å². The zero-order chi connectivity index (χ0) is 17.8. The maximum atomic E-state index is 12.1. The fraction of sp³-hybridized carbons (Fsp3) is 0.316. The van der Waals surface area contributed by atoms with Crippen molar-refractivity contribution in [1.29, 1.82) is 0 Å². The Morgan fingerprint density at radius 3 is 1.80 bits per heavy atom. The third kappa shape index (κ3) is 3.60. The Morgan fingerprint density at radius 1 is 0.800 bits per heavy atom. The molecule has 2 aromatic rings. The Hall–Kier alpha value is -2.57. The van der Waals surface area contributed by atoms with E-state index in [4.69, 9.17) is 23.7 Å². The van der Waals surface area contributed by atoms with Gasteiger partial charge in [-0.05, 0) is 29.8 Å². The summed E-state index contributed by atoms with van der Waals surface area (Å²) in [5, 5.41) is 0. The summed E-state index contributed by atoms with van der Waals surface area (Å²) in [6.07, 6.45) is -2.07. The Morgan fingerprint density at radius 2 is 1.32 bits per heavy atom. The van der Waals surface area contributed by atoms with E-state index < -0.39 is 24.5 Å². The van der Waals surface area contributed by atoms with Crippen molar-refractivity contribution in [3.8, 4) is 11.5 Å². The first-order valence-electron chi connectivity index (χ1n) is 7.83. The molecule has 6 heteroatoms. The molecule has 0 N–H and O–H groups in total. The van der Waals surface area contributed by atoms with E-state index in [0.29, 0.717) is 0 Å². The molecule has 0 saturated carbocycles. The average Bonchev–Trinajstić information content (AvgIpc) is 3.13. The molecular formula is C19H20O6. The van der Waals surface area contributed by atoms with Gasteiger partial charge in [-0.25, -0.2) is 4.79 Å². The number of benzene rings is 2. The number of carbonyl (C=O) groups is 1. The van der Waals surface area contributed by atoms with E-state index in [1.807, 2.05) is 48.5 Å². The first-order chi connectivity index (χ1) is 12.2. The third-order valence-electron chi connectivity index (χ3n) is 4.08. The van der Waals surface area contributed by atoms with Gasteiger partial charge in [0.1, 0.15) is 17.6 Å². The summed E-state index contributed by atoms with van der Waals surface area (Å²) < 4.78 is 27.0. The summed E-state index contributed by atoms with van der Waals surface area (Å²) in [5.41, 5.74) is 1.61. The fourth-order valence-electron chi connectivity index (χ4n) is 2.70. The van der Waals surface area contributed by atoms with Crippen LogP contribution in [0.25, 0.3) is 0 Å². The number of rotatable bonds is 5. The van der Waals surface area contributed by atoms with Crippen LogP contribution in [-0.4, -0.2) is 33.4 Å². The van der Waals surface area contributed by atoms with Gasteiger partial charge in [0.05, 0.1) is 21.3 Å². The first-order valence-corrected chi connectivity index (χ1v) is 7.83. The molecule has 6 nitrogen and oxygen atoms in total. The van der Waals surface area contributed by atoms with Crippen LogP contribution >= 0.6 is 0 Å². The fourth-order valence-corrected chi connectivity index (χ4v) is 2.70. The molecule has 0 spiro atoms. The molecule has 1 fully saturated rings. The average molecular weight is 344 g/mol. The van der Waals surface area contributed by atoms with Crippen molar-refractivity contribution in [2.45, 2.75) is 18.5 Å². The van der Waals surface area contributed by atoms with Gasteiger partial charge in [0, 0.05) is 5.56 Å². The Kier molecular flexibility index (Phi) is 5.21. The predicted molar refractivity (Wildman–Crippen MR) is 89.4 cm³/mol. The number of methoxy groups -OCH3 is 3. The molecule has 2 aromatic carbocycles. The Bertz CT molecular complexity index is 710. The van der Waals surface area contributed by atoms with E-state index in [2.05, 4.69) is 0 Å². The largest absolute Gasteiger partial charge is 0.497 e. The number of esters is 1. The lowest BCUT2D eigenvalue weighted by Crippen LogP contribution is -2.27. The number of hydrogen-bond acceptors (Lipinski definition) is 6. The molecule has 0 radical (unpaired) electrons. The van der Waals surface area contributed by atoms with Crippen molar-refractivity contribution in [1.82, 2.24) is 0 Å². The van der Waals surface area contributed by atoms with Crippen LogP contribution in [0.15, 0.2) is 48.5 Å². The lowest BCUT2D eigenvalue weighted by Gasteiger charge is -2.15. The maximum absolute atomic E-state index is 12.1. The monoisotopic (exact) mass is 344 g/mol. The molecule has 1 heterocycles. The molecule has 0 bridgehead atoms. The summed E-state index contributed by atoms with van der Waals surface area (Å²) in [6.45, 7) is 0. The summed E-state index contributed by atoms with van der Waals surface area (Å²) in [6, 6.07) is 14.6. The molecule has 0 aromatic heterocycles. The van der Waals surface area contributed by atoms with E-state index in [-0.39, 0.29) is 0 Å². The molecule has 1 aliphatic heterocycles. The molecular weight excluding hydrogens is 324 g/mol. The van der Waals surface area contributed by atoms with Crippen molar-refractivity contribution in [3.05, 3.63) is 59.7 Å². The van der Waals surface area contributed by atoms with Crippen molar-refractivity contribution in [2.75, 3.05) is 21.3 Å². The summed E-state index contributed by atoms with van der Waals surface area (Å²) in [7, 11) is 4.53. The van der Waals surface area contributed by atoms with E-state index in [0.717, 1.165) is 22.6 Å². The van der Waals surface area contributed by atoms with Crippen LogP contribution in [0.3, 0.4) is 0 Å². The van der Waals surface area contributed by atoms with Crippen molar-refractivity contribution in [3.63, 3.8) is 0 Å². The summed E-state index contributed by atoms with van der Waals surface area (Å²) in [4.78, 5) is 12.1. The maximum Gasteiger partial charge on any atom is 0.338 e. The molecule has 3 rings (SSSR count). The second-order valence-electron chi connectivity index (χ2n) is 5.51.